The van der Waals surface area contributed by atoms with Crippen molar-refractivity contribution in [1.29, 1.82) is 0 Å². The first-order valence-corrected chi connectivity index (χ1v) is 7.23. The van der Waals surface area contributed by atoms with Crippen molar-refractivity contribution in [3.05, 3.63) is 28.3 Å². The number of pyridine rings is 1. The zero-order valence-electron chi connectivity index (χ0n) is 13.4. The summed E-state index contributed by atoms with van der Waals surface area (Å²) in [5.74, 6) is 0.149. The van der Waals surface area contributed by atoms with E-state index in [2.05, 4.69) is 25.8 Å². The molecule has 0 unspecified atom stereocenters. The second kappa shape index (κ2) is 5.47. The van der Waals surface area contributed by atoms with Gasteiger partial charge in [-0.1, -0.05) is 20.8 Å². The standard InChI is InChI=1S/C16H23N3O2/c1-11(20)6-7-12-8-9-13-14(17-12)18(5)15(21)19(13)10-16(2,3)4/h8-9H,6-7,10H2,1-5H3. The fourth-order valence-corrected chi connectivity index (χ4v) is 2.38. The Labute approximate surface area is 124 Å². The Kier molecular flexibility index (Phi) is 4.03. The van der Waals surface area contributed by atoms with E-state index in [4.69, 9.17) is 0 Å². The number of carbonyl (C=O) groups is 1. The molecule has 0 amide bonds. The van der Waals surface area contributed by atoms with E-state index in [0.717, 1.165) is 11.2 Å². The summed E-state index contributed by atoms with van der Waals surface area (Å²) in [6, 6.07) is 3.84. The van der Waals surface area contributed by atoms with Gasteiger partial charge in [-0.05, 0) is 30.9 Å². The van der Waals surface area contributed by atoms with Crippen molar-refractivity contribution in [2.45, 2.75) is 47.1 Å². The van der Waals surface area contributed by atoms with Crippen LogP contribution in [-0.4, -0.2) is 19.9 Å². The van der Waals surface area contributed by atoms with Crippen LogP contribution in [0.5, 0.6) is 0 Å². The van der Waals surface area contributed by atoms with Gasteiger partial charge in [0.2, 0.25) is 0 Å². The number of imidazole rings is 1. The van der Waals surface area contributed by atoms with Crippen molar-refractivity contribution in [1.82, 2.24) is 14.1 Å². The molecular weight excluding hydrogens is 266 g/mol. The first-order chi connectivity index (χ1) is 9.69. The minimum absolute atomic E-state index is 0.0193. The molecule has 0 fully saturated rings. The molecule has 2 aromatic rings. The lowest BCUT2D eigenvalue weighted by atomic mass is 9.97. The van der Waals surface area contributed by atoms with E-state index in [1.54, 1.807) is 23.1 Å². The molecule has 0 aliphatic carbocycles. The van der Waals surface area contributed by atoms with Gasteiger partial charge in [0.1, 0.15) is 5.78 Å². The molecule has 2 heterocycles. The normalized spacial score (nSPS) is 12.0. The van der Waals surface area contributed by atoms with Gasteiger partial charge in [0, 0.05) is 25.7 Å². The number of ketones is 1. The molecule has 0 aliphatic heterocycles. The Bertz CT molecular complexity index is 732. The summed E-state index contributed by atoms with van der Waals surface area (Å²) in [7, 11) is 1.74. The summed E-state index contributed by atoms with van der Waals surface area (Å²) >= 11 is 0. The van der Waals surface area contributed by atoms with Gasteiger partial charge in [-0.2, -0.15) is 0 Å². The zero-order chi connectivity index (χ0) is 15.8. The number of aryl methyl sites for hydroxylation is 2. The Morgan fingerprint density at radius 3 is 2.52 bits per heavy atom. The fraction of sp³-hybridized carbons (Fsp3) is 0.562. The number of nitrogens with zero attached hydrogens (tertiary/aromatic N) is 3. The van der Waals surface area contributed by atoms with Crippen molar-refractivity contribution in [3.63, 3.8) is 0 Å². The fourth-order valence-electron chi connectivity index (χ4n) is 2.38. The summed E-state index contributed by atoms with van der Waals surface area (Å²) in [5, 5.41) is 0. The number of rotatable bonds is 4. The number of carbonyl (C=O) groups excluding carboxylic acids is 1. The average molecular weight is 289 g/mol. The van der Waals surface area contributed by atoms with Crippen LogP contribution < -0.4 is 5.69 Å². The molecule has 5 heteroatoms. The topological polar surface area (TPSA) is 56.9 Å². The smallest absolute Gasteiger partial charge is 0.300 e. The van der Waals surface area contributed by atoms with Crippen LogP contribution in [0.1, 0.15) is 39.8 Å². The molecule has 0 atom stereocenters. The highest BCUT2D eigenvalue weighted by atomic mass is 16.1. The summed E-state index contributed by atoms with van der Waals surface area (Å²) < 4.78 is 3.36. The first-order valence-electron chi connectivity index (χ1n) is 7.23. The SMILES string of the molecule is CC(=O)CCc1ccc2c(n1)n(C)c(=O)n2CC(C)(C)C. The maximum absolute atomic E-state index is 12.4. The Hall–Kier alpha value is -1.91. The monoisotopic (exact) mass is 289 g/mol. The Balaban J connectivity index is 2.47. The molecule has 21 heavy (non-hydrogen) atoms. The molecular formula is C16H23N3O2. The quantitative estimate of drug-likeness (QED) is 0.868. The maximum atomic E-state index is 12.4. The van der Waals surface area contributed by atoms with Crippen LogP contribution in [-0.2, 0) is 24.8 Å². The van der Waals surface area contributed by atoms with Gasteiger partial charge in [0.25, 0.3) is 0 Å². The van der Waals surface area contributed by atoms with E-state index in [0.29, 0.717) is 25.0 Å². The van der Waals surface area contributed by atoms with Crippen LogP contribution in [0.25, 0.3) is 11.2 Å². The molecule has 0 bridgehead atoms. The van der Waals surface area contributed by atoms with Gasteiger partial charge >= 0.3 is 5.69 Å². The van der Waals surface area contributed by atoms with Crippen LogP contribution in [0, 0.1) is 5.41 Å². The number of hydrogen-bond donors (Lipinski definition) is 0. The van der Waals surface area contributed by atoms with Crippen LogP contribution in [0.2, 0.25) is 0 Å². The van der Waals surface area contributed by atoms with Gasteiger partial charge in [0.05, 0.1) is 5.52 Å². The molecule has 0 N–H and O–H groups in total. The zero-order valence-corrected chi connectivity index (χ0v) is 13.4. The van der Waals surface area contributed by atoms with Crippen molar-refractivity contribution in [3.8, 4) is 0 Å². The van der Waals surface area contributed by atoms with E-state index >= 15 is 0 Å². The van der Waals surface area contributed by atoms with Crippen LogP contribution in [0.15, 0.2) is 16.9 Å². The maximum Gasteiger partial charge on any atom is 0.330 e. The lowest BCUT2D eigenvalue weighted by molar-refractivity contribution is -0.116. The van der Waals surface area contributed by atoms with Gasteiger partial charge in [0.15, 0.2) is 5.65 Å². The van der Waals surface area contributed by atoms with Gasteiger partial charge in [-0.15, -0.1) is 0 Å². The molecule has 0 aromatic carbocycles. The predicted octanol–water partition coefficient (Wildman–Crippen LogP) is 2.30. The average Bonchev–Trinajstić information content (AvgIpc) is 2.60. The predicted molar refractivity (Wildman–Crippen MR) is 83.4 cm³/mol. The van der Waals surface area contributed by atoms with E-state index in [9.17, 15) is 9.59 Å². The van der Waals surface area contributed by atoms with Crippen molar-refractivity contribution in [2.24, 2.45) is 12.5 Å². The highest BCUT2D eigenvalue weighted by Crippen LogP contribution is 2.19. The molecule has 5 nitrogen and oxygen atoms in total. The van der Waals surface area contributed by atoms with E-state index in [-0.39, 0.29) is 16.9 Å². The van der Waals surface area contributed by atoms with Gasteiger partial charge < -0.3 is 4.79 Å². The van der Waals surface area contributed by atoms with Crippen molar-refractivity contribution in [2.75, 3.05) is 0 Å². The Morgan fingerprint density at radius 1 is 1.29 bits per heavy atom. The van der Waals surface area contributed by atoms with Gasteiger partial charge in [-0.25, -0.2) is 9.78 Å². The first kappa shape index (κ1) is 15.5. The minimum atomic E-state index is -0.0452. The van der Waals surface area contributed by atoms with Crippen molar-refractivity contribution < 1.29 is 4.79 Å². The number of hydrogen-bond acceptors (Lipinski definition) is 3. The summed E-state index contributed by atoms with van der Waals surface area (Å²) in [4.78, 5) is 28.0. The third kappa shape index (κ3) is 3.40. The molecule has 0 saturated carbocycles. The van der Waals surface area contributed by atoms with E-state index in [1.165, 1.54) is 0 Å². The van der Waals surface area contributed by atoms with Crippen LogP contribution in [0.4, 0.5) is 0 Å². The third-order valence-electron chi connectivity index (χ3n) is 3.40. The highest BCUT2D eigenvalue weighted by molar-refractivity contribution is 5.76. The molecule has 0 saturated heterocycles. The van der Waals surface area contributed by atoms with E-state index < -0.39 is 0 Å². The number of Topliss-reactive ketones (excluding diaryl/α,β-unsaturated/α-hetero) is 1. The number of fused-ring (bicyclic) bond motifs is 1. The summed E-state index contributed by atoms with van der Waals surface area (Å²) in [5.41, 5.74) is 2.36. The molecule has 114 valence electrons. The second-order valence-corrected chi connectivity index (χ2v) is 6.84. The number of aromatic nitrogens is 3. The second-order valence-electron chi connectivity index (χ2n) is 6.84. The molecule has 0 radical (unpaired) electrons. The molecule has 2 rings (SSSR count). The van der Waals surface area contributed by atoms with Crippen molar-refractivity contribution >= 4 is 16.9 Å². The minimum Gasteiger partial charge on any atom is -0.300 e. The molecule has 0 spiro atoms. The Morgan fingerprint density at radius 2 is 1.95 bits per heavy atom. The van der Waals surface area contributed by atoms with Gasteiger partial charge in [-0.3, -0.25) is 9.13 Å². The van der Waals surface area contributed by atoms with Crippen LogP contribution >= 0.6 is 0 Å². The molecule has 0 aliphatic rings. The highest BCUT2D eigenvalue weighted by Gasteiger charge is 2.18. The summed E-state index contributed by atoms with van der Waals surface area (Å²) in [6.45, 7) is 8.54. The lowest BCUT2D eigenvalue weighted by Gasteiger charge is -2.18. The van der Waals surface area contributed by atoms with Crippen LogP contribution in [0.3, 0.4) is 0 Å². The largest absolute Gasteiger partial charge is 0.330 e. The molecule has 2 aromatic heterocycles. The lowest BCUT2D eigenvalue weighted by Crippen LogP contribution is -2.27. The van der Waals surface area contributed by atoms with E-state index in [1.807, 2.05) is 12.1 Å². The summed E-state index contributed by atoms with van der Waals surface area (Å²) in [6.07, 6.45) is 1.10. The third-order valence-corrected chi connectivity index (χ3v) is 3.40.